The molecule has 3 amide bonds. The highest BCUT2D eigenvalue weighted by atomic mass is 16.5. The Morgan fingerprint density at radius 2 is 1.93 bits per heavy atom. The number of methoxy groups -OCH3 is 2. The first kappa shape index (κ1) is 20.8. The largest absolute Gasteiger partial charge is 0.493 e. The lowest BCUT2D eigenvalue weighted by molar-refractivity contribution is -0.151. The molecule has 1 N–H and O–H groups in total. The van der Waals surface area contributed by atoms with Crippen LogP contribution in [0.2, 0.25) is 0 Å². The quantitative estimate of drug-likeness (QED) is 0.795. The molecule has 0 saturated carbocycles. The Morgan fingerprint density at radius 3 is 2.67 bits per heavy atom. The molecule has 164 valence electrons. The zero-order valence-electron chi connectivity index (χ0n) is 18.2. The predicted molar refractivity (Wildman–Crippen MR) is 115 cm³/mol. The fourth-order valence-corrected chi connectivity index (χ4v) is 5.73. The van der Waals surface area contributed by atoms with E-state index in [9.17, 15) is 9.59 Å². The van der Waals surface area contributed by atoms with Crippen LogP contribution in [0, 0.1) is 11.8 Å². The van der Waals surface area contributed by atoms with Crippen LogP contribution in [0.25, 0.3) is 0 Å². The summed E-state index contributed by atoms with van der Waals surface area (Å²) in [7, 11) is 3.18. The van der Waals surface area contributed by atoms with Crippen molar-refractivity contribution in [3.8, 4) is 11.5 Å². The summed E-state index contributed by atoms with van der Waals surface area (Å²) in [6.07, 6.45) is 5.91. The van der Waals surface area contributed by atoms with Gasteiger partial charge in [-0.3, -0.25) is 4.79 Å². The molecule has 3 aliphatic heterocycles. The number of benzene rings is 1. The highest BCUT2D eigenvalue weighted by molar-refractivity contribution is 5.90. The standard InChI is InChI=1S/C23H33N3O4/c1-4-6-18-15-11-16(19-7-5-8-22(27)26(18)19)14-25(13-15)23(28)24-17-9-10-20(29-2)21(12-17)30-3/h9-10,12,15-16,18-19H,4-8,11,13-14H2,1-3H3,(H,24,28)/t15-,16+,18-,19-/m0/s1. The van der Waals surface area contributed by atoms with Gasteiger partial charge in [-0.25, -0.2) is 4.79 Å². The molecule has 4 atom stereocenters. The minimum Gasteiger partial charge on any atom is -0.493 e. The van der Waals surface area contributed by atoms with Gasteiger partial charge in [-0.15, -0.1) is 0 Å². The molecular weight excluding hydrogens is 382 g/mol. The number of likely N-dealkylation sites (tertiary alicyclic amines) is 1. The van der Waals surface area contributed by atoms with E-state index in [0.29, 0.717) is 54.4 Å². The maximum atomic E-state index is 13.1. The van der Waals surface area contributed by atoms with Crippen molar-refractivity contribution in [2.24, 2.45) is 11.8 Å². The lowest BCUT2D eigenvalue weighted by Gasteiger charge is -2.56. The van der Waals surface area contributed by atoms with Gasteiger partial charge < -0.3 is 24.6 Å². The second-order valence-electron chi connectivity index (χ2n) is 8.78. The molecule has 30 heavy (non-hydrogen) atoms. The van der Waals surface area contributed by atoms with Crippen molar-refractivity contribution in [2.45, 2.75) is 57.5 Å². The van der Waals surface area contributed by atoms with E-state index in [1.54, 1.807) is 26.4 Å². The fraction of sp³-hybridized carbons (Fsp3) is 0.652. The van der Waals surface area contributed by atoms with Gasteiger partial charge in [-0.2, -0.15) is 0 Å². The Bertz CT molecular complexity index is 799. The SMILES string of the molecule is CCC[C@H]1[C@H]2C[C@H](CN(C(=O)Nc3ccc(OC)c(OC)c3)C2)[C@@H]2CCCC(=O)N21. The van der Waals surface area contributed by atoms with E-state index in [-0.39, 0.29) is 18.1 Å². The normalized spacial score (nSPS) is 28.0. The first-order chi connectivity index (χ1) is 14.5. The number of carbonyl (C=O) groups excluding carboxylic acids is 2. The van der Waals surface area contributed by atoms with Gasteiger partial charge in [0, 0.05) is 43.3 Å². The van der Waals surface area contributed by atoms with Crippen LogP contribution >= 0.6 is 0 Å². The van der Waals surface area contributed by atoms with Crippen molar-refractivity contribution in [3.63, 3.8) is 0 Å². The third-order valence-corrected chi connectivity index (χ3v) is 7.00. The molecule has 7 nitrogen and oxygen atoms in total. The first-order valence-electron chi connectivity index (χ1n) is 11.1. The number of fused-ring (bicyclic) bond motifs is 4. The smallest absolute Gasteiger partial charge is 0.321 e. The summed E-state index contributed by atoms with van der Waals surface area (Å²) in [6.45, 7) is 3.60. The third-order valence-electron chi connectivity index (χ3n) is 7.00. The van der Waals surface area contributed by atoms with Crippen LogP contribution in [0.4, 0.5) is 10.5 Å². The van der Waals surface area contributed by atoms with Crippen LogP contribution in [0.3, 0.4) is 0 Å². The molecule has 1 aromatic carbocycles. The van der Waals surface area contributed by atoms with Gasteiger partial charge in [0.1, 0.15) is 0 Å². The average molecular weight is 416 g/mol. The van der Waals surface area contributed by atoms with Crippen molar-refractivity contribution in [1.82, 2.24) is 9.80 Å². The summed E-state index contributed by atoms with van der Waals surface area (Å²) in [6, 6.07) is 5.87. The number of anilines is 1. The maximum absolute atomic E-state index is 13.1. The number of hydrogen-bond donors (Lipinski definition) is 1. The maximum Gasteiger partial charge on any atom is 0.321 e. The molecule has 1 aromatic rings. The van der Waals surface area contributed by atoms with Gasteiger partial charge in [0.15, 0.2) is 11.5 Å². The van der Waals surface area contributed by atoms with Crippen LogP contribution in [0.1, 0.15) is 45.4 Å². The highest BCUT2D eigenvalue weighted by Crippen LogP contribution is 2.43. The van der Waals surface area contributed by atoms with Gasteiger partial charge in [0.25, 0.3) is 0 Å². The van der Waals surface area contributed by atoms with E-state index in [1.165, 1.54) is 0 Å². The van der Waals surface area contributed by atoms with Gasteiger partial charge in [-0.05, 0) is 49.7 Å². The number of nitrogens with zero attached hydrogens (tertiary/aromatic N) is 2. The Hall–Kier alpha value is -2.44. The van der Waals surface area contributed by atoms with Crippen LogP contribution < -0.4 is 14.8 Å². The summed E-state index contributed by atoms with van der Waals surface area (Å²) < 4.78 is 10.6. The predicted octanol–water partition coefficient (Wildman–Crippen LogP) is 3.74. The lowest BCUT2D eigenvalue weighted by Crippen LogP contribution is -2.65. The fourth-order valence-electron chi connectivity index (χ4n) is 5.73. The summed E-state index contributed by atoms with van der Waals surface area (Å²) >= 11 is 0. The highest BCUT2D eigenvalue weighted by Gasteiger charge is 2.49. The third kappa shape index (κ3) is 3.82. The summed E-state index contributed by atoms with van der Waals surface area (Å²) in [5, 5.41) is 3.03. The van der Waals surface area contributed by atoms with E-state index in [2.05, 4.69) is 17.1 Å². The van der Waals surface area contributed by atoms with E-state index in [4.69, 9.17) is 9.47 Å². The van der Waals surface area contributed by atoms with E-state index < -0.39 is 0 Å². The minimum atomic E-state index is -0.0808. The molecule has 7 heteroatoms. The van der Waals surface area contributed by atoms with Crippen molar-refractivity contribution in [1.29, 1.82) is 0 Å². The second-order valence-corrected chi connectivity index (χ2v) is 8.78. The second kappa shape index (κ2) is 8.74. The number of nitrogens with one attached hydrogen (secondary N) is 1. The summed E-state index contributed by atoms with van der Waals surface area (Å²) in [5.41, 5.74) is 0.688. The number of piperidine rings is 3. The monoisotopic (exact) mass is 415 g/mol. The minimum absolute atomic E-state index is 0.0808. The summed E-state index contributed by atoms with van der Waals surface area (Å²) in [5.74, 6) is 2.27. The molecule has 4 rings (SSSR count). The Labute approximate surface area is 178 Å². The number of amides is 3. The Kier molecular flexibility index (Phi) is 6.06. The Morgan fingerprint density at radius 1 is 1.17 bits per heavy atom. The van der Waals surface area contributed by atoms with Gasteiger partial charge >= 0.3 is 6.03 Å². The number of rotatable bonds is 5. The first-order valence-corrected chi connectivity index (χ1v) is 11.1. The average Bonchev–Trinajstić information content (AvgIpc) is 2.76. The van der Waals surface area contributed by atoms with Crippen molar-refractivity contribution >= 4 is 17.6 Å². The molecular formula is C23H33N3O4. The van der Waals surface area contributed by atoms with Crippen LogP contribution in [0.15, 0.2) is 18.2 Å². The van der Waals surface area contributed by atoms with Crippen LogP contribution in [-0.4, -0.2) is 61.1 Å². The van der Waals surface area contributed by atoms with E-state index >= 15 is 0 Å². The molecule has 2 bridgehead atoms. The Balaban J connectivity index is 1.50. The van der Waals surface area contributed by atoms with Crippen LogP contribution in [-0.2, 0) is 4.79 Å². The molecule has 0 radical (unpaired) electrons. The summed E-state index contributed by atoms with van der Waals surface area (Å²) in [4.78, 5) is 30.0. The zero-order chi connectivity index (χ0) is 21.3. The molecule has 3 fully saturated rings. The number of carbonyl (C=O) groups is 2. The van der Waals surface area contributed by atoms with Crippen molar-refractivity contribution < 1.29 is 19.1 Å². The zero-order valence-corrected chi connectivity index (χ0v) is 18.2. The topological polar surface area (TPSA) is 71.1 Å². The van der Waals surface area contributed by atoms with E-state index in [1.807, 2.05) is 11.0 Å². The molecule has 3 saturated heterocycles. The van der Waals surface area contributed by atoms with Crippen LogP contribution in [0.5, 0.6) is 11.5 Å². The van der Waals surface area contributed by atoms with Gasteiger partial charge in [0.05, 0.1) is 14.2 Å². The lowest BCUT2D eigenvalue weighted by atomic mass is 9.71. The van der Waals surface area contributed by atoms with Gasteiger partial charge in [0.2, 0.25) is 5.91 Å². The molecule has 0 aliphatic carbocycles. The number of urea groups is 1. The molecule has 3 aliphatic rings. The van der Waals surface area contributed by atoms with E-state index in [0.717, 1.165) is 32.1 Å². The van der Waals surface area contributed by atoms with Crippen molar-refractivity contribution in [3.05, 3.63) is 18.2 Å². The number of ether oxygens (including phenoxy) is 2. The van der Waals surface area contributed by atoms with Gasteiger partial charge in [-0.1, -0.05) is 13.3 Å². The molecule has 3 heterocycles. The molecule has 0 unspecified atom stereocenters. The van der Waals surface area contributed by atoms with Crippen molar-refractivity contribution in [2.75, 3.05) is 32.6 Å². The number of hydrogen-bond acceptors (Lipinski definition) is 4. The molecule has 0 aromatic heterocycles. The molecule has 0 spiro atoms.